The lowest BCUT2D eigenvalue weighted by molar-refractivity contribution is -0.120. The van der Waals surface area contributed by atoms with Gasteiger partial charge in [0.25, 0.3) is 5.91 Å². The predicted molar refractivity (Wildman–Crippen MR) is 121 cm³/mol. The Morgan fingerprint density at radius 1 is 1.06 bits per heavy atom. The molecular formula is C24H17N3O3S. The van der Waals surface area contributed by atoms with E-state index in [2.05, 4.69) is 16.5 Å². The Kier molecular flexibility index (Phi) is 6.21. The van der Waals surface area contributed by atoms with Crippen LogP contribution in [0, 0.1) is 11.3 Å². The van der Waals surface area contributed by atoms with Crippen molar-refractivity contribution in [1.29, 1.82) is 5.26 Å². The van der Waals surface area contributed by atoms with Crippen molar-refractivity contribution in [2.45, 2.75) is 0 Å². The van der Waals surface area contributed by atoms with Gasteiger partial charge in [-0.2, -0.15) is 5.26 Å². The van der Waals surface area contributed by atoms with E-state index < -0.39 is 5.91 Å². The Morgan fingerprint density at radius 2 is 1.77 bits per heavy atom. The first-order valence-corrected chi connectivity index (χ1v) is 10.3. The van der Waals surface area contributed by atoms with Gasteiger partial charge in [0.1, 0.15) is 17.4 Å². The molecule has 0 aliphatic rings. The molecule has 0 bridgehead atoms. The van der Waals surface area contributed by atoms with Crippen molar-refractivity contribution >= 4 is 29.3 Å². The van der Waals surface area contributed by atoms with Crippen LogP contribution in [0.5, 0.6) is 0 Å². The minimum absolute atomic E-state index is 0.0797. The fourth-order valence-electron chi connectivity index (χ4n) is 3.01. The topological polar surface area (TPSA) is 87.6 Å². The molecule has 6 nitrogen and oxygen atoms in total. The highest BCUT2D eigenvalue weighted by atomic mass is 32.1. The van der Waals surface area contributed by atoms with Crippen LogP contribution < -0.4 is 5.32 Å². The maximum Gasteiger partial charge on any atom is 0.267 e. The number of hydrogen-bond donors (Lipinski definition) is 1. The van der Waals surface area contributed by atoms with Gasteiger partial charge in [0.2, 0.25) is 5.88 Å². The minimum atomic E-state index is -0.479. The number of carbonyl (C=O) groups is 1. The number of carbonyl (C=O) groups excluding carboxylic acids is 1. The predicted octanol–water partition coefficient (Wildman–Crippen LogP) is 5.54. The molecule has 1 N–H and O–H groups in total. The molecule has 2 heterocycles. The number of furan rings is 1. The SMILES string of the molecule is N#Cc1c(NC(=O)CON=Cc2cccs2)oc(-c2ccccc2)c1-c1ccccc1. The van der Waals surface area contributed by atoms with Gasteiger partial charge in [0, 0.05) is 16.0 Å². The molecule has 0 unspecified atom stereocenters. The normalized spacial score (nSPS) is 10.7. The summed E-state index contributed by atoms with van der Waals surface area (Å²) in [7, 11) is 0. The number of nitrogens with zero attached hydrogens (tertiary/aromatic N) is 2. The van der Waals surface area contributed by atoms with Crippen LogP contribution in [-0.2, 0) is 9.63 Å². The third kappa shape index (κ3) is 4.71. The third-order valence-electron chi connectivity index (χ3n) is 4.36. The minimum Gasteiger partial charge on any atom is -0.438 e. The molecule has 0 radical (unpaired) electrons. The molecule has 2 aromatic heterocycles. The monoisotopic (exact) mass is 427 g/mol. The number of nitriles is 1. The molecule has 31 heavy (non-hydrogen) atoms. The molecule has 0 atom stereocenters. The van der Waals surface area contributed by atoms with Gasteiger partial charge in [0.05, 0.1) is 6.21 Å². The van der Waals surface area contributed by atoms with Gasteiger partial charge < -0.3 is 9.25 Å². The molecule has 0 saturated carbocycles. The number of thiophene rings is 1. The zero-order valence-electron chi connectivity index (χ0n) is 16.3. The van der Waals surface area contributed by atoms with Gasteiger partial charge in [-0.15, -0.1) is 11.3 Å². The van der Waals surface area contributed by atoms with Gasteiger partial charge in [-0.1, -0.05) is 71.9 Å². The van der Waals surface area contributed by atoms with Crippen LogP contribution in [0.1, 0.15) is 10.4 Å². The van der Waals surface area contributed by atoms with Gasteiger partial charge in [-0.3, -0.25) is 10.1 Å². The van der Waals surface area contributed by atoms with E-state index in [1.54, 1.807) is 0 Å². The molecule has 0 aliphatic carbocycles. The van der Waals surface area contributed by atoms with E-state index in [1.807, 2.05) is 78.2 Å². The number of amides is 1. The molecule has 0 spiro atoms. The van der Waals surface area contributed by atoms with Crippen molar-refractivity contribution in [3.63, 3.8) is 0 Å². The second-order valence-electron chi connectivity index (χ2n) is 6.43. The maximum absolute atomic E-state index is 12.4. The van der Waals surface area contributed by atoms with Crippen molar-refractivity contribution in [2.75, 3.05) is 11.9 Å². The van der Waals surface area contributed by atoms with E-state index >= 15 is 0 Å². The molecule has 4 aromatic rings. The van der Waals surface area contributed by atoms with E-state index in [4.69, 9.17) is 9.25 Å². The number of benzene rings is 2. The second-order valence-corrected chi connectivity index (χ2v) is 7.40. The van der Waals surface area contributed by atoms with Crippen LogP contribution in [0.25, 0.3) is 22.5 Å². The zero-order valence-corrected chi connectivity index (χ0v) is 17.1. The smallest absolute Gasteiger partial charge is 0.267 e. The number of anilines is 1. The Labute approximate surface area is 183 Å². The van der Waals surface area contributed by atoms with Crippen molar-refractivity contribution in [3.8, 4) is 28.5 Å². The van der Waals surface area contributed by atoms with Crippen LogP contribution in [0.2, 0.25) is 0 Å². The summed E-state index contributed by atoms with van der Waals surface area (Å²) in [6.45, 7) is -0.311. The van der Waals surface area contributed by atoms with Crippen LogP contribution >= 0.6 is 11.3 Å². The zero-order chi connectivity index (χ0) is 21.5. The molecule has 1 amide bonds. The molecule has 2 aromatic carbocycles. The van der Waals surface area contributed by atoms with Crippen LogP contribution in [0.15, 0.2) is 87.7 Å². The summed E-state index contributed by atoms with van der Waals surface area (Å²) in [6.07, 6.45) is 1.53. The summed E-state index contributed by atoms with van der Waals surface area (Å²) in [5, 5.41) is 18.2. The van der Waals surface area contributed by atoms with E-state index in [1.165, 1.54) is 17.6 Å². The van der Waals surface area contributed by atoms with Gasteiger partial charge in [-0.05, 0) is 17.0 Å². The van der Waals surface area contributed by atoms with Crippen molar-refractivity contribution in [1.82, 2.24) is 0 Å². The molecule has 4 rings (SSSR count). The van der Waals surface area contributed by atoms with Crippen molar-refractivity contribution in [2.24, 2.45) is 5.16 Å². The fourth-order valence-corrected chi connectivity index (χ4v) is 3.59. The Hall–Kier alpha value is -4.15. The second kappa shape index (κ2) is 9.57. The van der Waals surface area contributed by atoms with Gasteiger partial charge in [0.15, 0.2) is 6.61 Å². The van der Waals surface area contributed by atoms with Crippen molar-refractivity contribution < 1.29 is 14.0 Å². The Bertz CT molecular complexity index is 1220. The summed E-state index contributed by atoms with van der Waals surface area (Å²) < 4.78 is 5.97. The largest absolute Gasteiger partial charge is 0.438 e. The van der Waals surface area contributed by atoms with Crippen molar-refractivity contribution in [3.05, 3.63) is 88.6 Å². The standard InChI is InChI=1S/C24H17N3O3S/c25-14-20-22(17-8-3-1-4-9-17)23(18-10-5-2-6-11-18)30-24(20)27-21(28)16-29-26-15-19-12-7-13-31-19/h1-13,15H,16H2,(H,27,28). The summed E-state index contributed by atoms with van der Waals surface area (Å²) in [4.78, 5) is 18.3. The third-order valence-corrected chi connectivity index (χ3v) is 5.17. The number of oxime groups is 1. The fraction of sp³-hybridized carbons (Fsp3) is 0.0417. The van der Waals surface area contributed by atoms with E-state index in [0.29, 0.717) is 11.3 Å². The van der Waals surface area contributed by atoms with Crippen LogP contribution in [-0.4, -0.2) is 18.7 Å². The van der Waals surface area contributed by atoms with Crippen LogP contribution in [0.3, 0.4) is 0 Å². The van der Waals surface area contributed by atoms with E-state index in [-0.39, 0.29) is 18.1 Å². The lowest BCUT2D eigenvalue weighted by atomic mass is 9.98. The molecule has 0 aliphatic heterocycles. The highest BCUT2D eigenvalue weighted by Gasteiger charge is 2.24. The average molecular weight is 427 g/mol. The lowest BCUT2D eigenvalue weighted by Gasteiger charge is -2.03. The number of hydrogen-bond acceptors (Lipinski definition) is 6. The number of rotatable bonds is 7. The molecule has 0 saturated heterocycles. The van der Waals surface area contributed by atoms with Gasteiger partial charge >= 0.3 is 0 Å². The molecule has 152 valence electrons. The number of nitrogens with one attached hydrogen (secondary N) is 1. The average Bonchev–Trinajstić information content (AvgIpc) is 3.45. The summed E-state index contributed by atoms with van der Waals surface area (Å²) in [6, 6.07) is 24.9. The molecular weight excluding hydrogens is 410 g/mol. The van der Waals surface area contributed by atoms with E-state index in [0.717, 1.165) is 16.0 Å². The summed E-state index contributed by atoms with van der Waals surface area (Å²) in [5.74, 6) is 0.110. The summed E-state index contributed by atoms with van der Waals surface area (Å²) >= 11 is 1.51. The highest BCUT2D eigenvalue weighted by Crippen LogP contribution is 2.41. The molecule has 0 fully saturated rings. The first-order chi connectivity index (χ1) is 15.3. The Morgan fingerprint density at radius 3 is 2.42 bits per heavy atom. The summed E-state index contributed by atoms with van der Waals surface area (Å²) in [5.41, 5.74) is 2.50. The lowest BCUT2D eigenvalue weighted by Crippen LogP contribution is -2.17. The highest BCUT2D eigenvalue weighted by molar-refractivity contribution is 7.11. The van der Waals surface area contributed by atoms with Gasteiger partial charge in [-0.25, -0.2) is 0 Å². The first kappa shape index (κ1) is 20.1. The van der Waals surface area contributed by atoms with Crippen LogP contribution in [0.4, 0.5) is 5.88 Å². The van der Waals surface area contributed by atoms with E-state index in [9.17, 15) is 10.1 Å². The quantitative estimate of drug-likeness (QED) is 0.310. The molecule has 7 heteroatoms. The maximum atomic E-state index is 12.4. The first-order valence-electron chi connectivity index (χ1n) is 9.42. The Balaban J connectivity index is 1.60.